The number of carbonyl (C=O) groups excluding carboxylic acids is 1. The Morgan fingerprint density at radius 2 is 2.00 bits per heavy atom. The molecule has 2 unspecified atom stereocenters. The quantitative estimate of drug-likeness (QED) is 0.802. The molecule has 90 valence electrons. The zero-order chi connectivity index (χ0) is 11.7. The van der Waals surface area contributed by atoms with Gasteiger partial charge in [-0.1, -0.05) is 37.1 Å². The van der Waals surface area contributed by atoms with Crippen molar-refractivity contribution < 1.29 is 4.79 Å². The Hall–Kier alpha value is -1.15. The fourth-order valence-electron chi connectivity index (χ4n) is 3.19. The average Bonchev–Trinajstić information content (AvgIpc) is 2.57. The molecule has 1 aromatic rings. The molecule has 3 rings (SSSR count). The van der Waals surface area contributed by atoms with Crippen LogP contribution in [-0.2, 0) is 6.42 Å². The molecule has 2 atom stereocenters. The van der Waals surface area contributed by atoms with Gasteiger partial charge >= 0.3 is 0 Å². The maximum absolute atomic E-state index is 12.4. The molecule has 1 heterocycles. The molecule has 0 amide bonds. The fraction of sp³-hybridized carbons (Fsp3) is 0.533. The highest BCUT2D eigenvalue weighted by atomic mass is 16.1. The standard InChI is InChI=1S/C15H19NO/c17-15-12-7-4-3-6-11(12)10-13(15)14-8-2-1-5-9-16-14/h3-4,6-7,13-14,16H,1-2,5,8-10H2. The van der Waals surface area contributed by atoms with E-state index in [0.29, 0.717) is 11.8 Å². The predicted molar refractivity (Wildman–Crippen MR) is 68.2 cm³/mol. The van der Waals surface area contributed by atoms with Crippen molar-refractivity contribution in [2.45, 2.75) is 38.1 Å². The van der Waals surface area contributed by atoms with Crippen LogP contribution in [-0.4, -0.2) is 18.4 Å². The lowest BCUT2D eigenvalue weighted by Gasteiger charge is -2.21. The van der Waals surface area contributed by atoms with Gasteiger partial charge in [0.25, 0.3) is 0 Å². The van der Waals surface area contributed by atoms with Crippen molar-refractivity contribution in [3.8, 4) is 0 Å². The van der Waals surface area contributed by atoms with Gasteiger partial charge in [-0.05, 0) is 31.4 Å². The number of nitrogens with one attached hydrogen (secondary N) is 1. The van der Waals surface area contributed by atoms with Crippen LogP contribution in [0, 0.1) is 5.92 Å². The van der Waals surface area contributed by atoms with Crippen molar-refractivity contribution in [2.24, 2.45) is 5.92 Å². The van der Waals surface area contributed by atoms with Crippen LogP contribution in [0.25, 0.3) is 0 Å². The van der Waals surface area contributed by atoms with Gasteiger partial charge in [0.05, 0.1) is 0 Å². The van der Waals surface area contributed by atoms with Gasteiger partial charge in [0.15, 0.2) is 5.78 Å². The second-order valence-electron chi connectivity index (χ2n) is 5.24. The summed E-state index contributed by atoms with van der Waals surface area (Å²) < 4.78 is 0. The molecule has 1 fully saturated rings. The Bertz CT molecular complexity index is 419. The normalized spacial score (nSPS) is 28.8. The summed E-state index contributed by atoms with van der Waals surface area (Å²) in [5, 5.41) is 3.57. The Kier molecular flexibility index (Phi) is 2.98. The first kappa shape index (κ1) is 11.0. The van der Waals surface area contributed by atoms with E-state index in [1.165, 1.54) is 24.8 Å². The minimum Gasteiger partial charge on any atom is -0.313 e. The molecule has 0 bridgehead atoms. The lowest BCUT2D eigenvalue weighted by atomic mass is 9.92. The number of Topliss-reactive ketones (excluding diaryl/α,β-unsaturated/α-hetero) is 1. The third-order valence-corrected chi connectivity index (χ3v) is 4.14. The van der Waals surface area contributed by atoms with Crippen LogP contribution in [0.2, 0.25) is 0 Å². The molecule has 1 aliphatic heterocycles. The summed E-state index contributed by atoms with van der Waals surface area (Å²) in [4.78, 5) is 12.4. The Balaban J connectivity index is 1.80. The van der Waals surface area contributed by atoms with Gasteiger partial charge in [0.2, 0.25) is 0 Å². The highest BCUT2D eigenvalue weighted by Crippen LogP contribution is 2.31. The first-order valence-electron chi connectivity index (χ1n) is 6.72. The lowest BCUT2D eigenvalue weighted by molar-refractivity contribution is 0.0907. The first-order valence-corrected chi connectivity index (χ1v) is 6.72. The van der Waals surface area contributed by atoms with Crippen molar-refractivity contribution >= 4 is 5.78 Å². The second-order valence-corrected chi connectivity index (χ2v) is 5.24. The molecular formula is C15H19NO. The highest BCUT2D eigenvalue weighted by molar-refractivity contribution is 6.02. The van der Waals surface area contributed by atoms with Crippen LogP contribution in [0.3, 0.4) is 0 Å². The number of rotatable bonds is 1. The van der Waals surface area contributed by atoms with Gasteiger partial charge < -0.3 is 5.32 Å². The fourth-order valence-corrected chi connectivity index (χ4v) is 3.19. The van der Waals surface area contributed by atoms with Crippen molar-refractivity contribution in [2.75, 3.05) is 6.54 Å². The molecule has 1 aromatic carbocycles. The summed E-state index contributed by atoms with van der Waals surface area (Å²) in [6.45, 7) is 1.07. The summed E-state index contributed by atoms with van der Waals surface area (Å²) in [5.74, 6) is 0.547. The molecule has 0 radical (unpaired) electrons. The Morgan fingerprint density at radius 3 is 2.88 bits per heavy atom. The van der Waals surface area contributed by atoms with E-state index < -0.39 is 0 Å². The van der Waals surface area contributed by atoms with E-state index in [0.717, 1.165) is 24.9 Å². The zero-order valence-corrected chi connectivity index (χ0v) is 10.1. The molecule has 2 aliphatic rings. The third kappa shape index (κ3) is 2.02. The van der Waals surface area contributed by atoms with Gasteiger partial charge in [-0.15, -0.1) is 0 Å². The largest absolute Gasteiger partial charge is 0.313 e. The molecule has 17 heavy (non-hydrogen) atoms. The van der Waals surface area contributed by atoms with E-state index in [9.17, 15) is 4.79 Å². The summed E-state index contributed by atoms with van der Waals surface area (Å²) in [7, 11) is 0. The topological polar surface area (TPSA) is 29.1 Å². The number of hydrogen-bond donors (Lipinski definition) is 1. The van der Waals surface area contributed by atoms with Crippen molar-refractivity contribution in [3.63, 3.8) is 0 Å². The van der Waals surface area contributed by atoms with E-state index >= 15 is 0 Å². The van der Waals surface area contributed by atoms with E-state index in [2.05, 4.69) is 11.4 Å². The lowest BCUT2D eigenvalue weighted by Crippen LogP contribution is -2.38. The predicted octanol–water partition coefficient (Wildman–Crippen LogP) is 2.57. The monoisotopic (exact) mass is 229 g/mol. The van der Waals surface area contributed by atoms with Crippen LogP contribution in [0.1, 0.15) is 41.6 Å². The number of benzene rings is 1. The number of carbonyl (C=O) groups is 1. The van der Waals surface area contributed by atoms with Crippen molar-refractivity contribution in [1.82, 2.24) is 5.32 Å². The van der Waals surface area contributed by atoms with Gasteiger partial charge in [0.1, 0.15) is 0 Å². The second kappa shape index (κ2) is 4.61. The van der Waals surface area contributed by atoms with Crippen LogP contribution >= 0.6 is 0 Å². The molecule has 1 N–H and O–H groups in total. The van der Waals surface area contributed by atoms with Gasteiger partial charge in [-0.2, -0.15) is 0 Å². The third-order valence-electron chi connectivity index (χ3n) is 4.14. The molecule has 0 spiro atoms. The van der Waals surface area contributed by atoms with E-state index in [1.54, 1.807) is 0 Å². The smallest absolute Gasteiger partial charge is 0.168 e. The minimum absolute atomic E-state index is 0.186. The zero-order valence-electron chi connectivity index (χ0n) is 10.1. The number of ketones is 1. The molecule has 0 saturated carbocycles. The SMILES string of the molecule is O=C1c2ccccc2CC1C1CCCCCN1. The van der Waals surface area contributed by atoms with E-state index in [4.69, 9.17) is 0 Å². The maximum atomic E-state index is 12.4. The summed E-state index contributed by atoms with van der Waals surface area (Å²) in [6.07, 6.45) is 5.91. The van der Waals surface area contributed by atoms with Crippen LogP contribution in [0.5, 0.6) is 0 Å². The molecule has 0 aromatic heterocycles. The van der Waals surface area contributed by atoms with Gasteiger partial charge in [-0.3, -0.25) is 4.79 Å². The molecule has 1 saturated heterocycles. The van der Waals surface area contributed by atoms with Gasteiger partial charge in [0, 0.05) is 17.5 Å². The number of hydrogen-bond acceptors (Lipinski definition) is 2. The van der Waals surface area contributed by atoms with Crippen LogP contribution in [0.4, 0.5) is 0 Å². The summed E-state index contributed by atoms with van der Waals surface area (Å²) in [6, 6.07) is 8.49. The van der Waals surface area contributed by atoms with E-state index in [-0.39, 0.29) is 5.92 Å². The maximum Gasteiger partial charge on any atom is 0.168 e. The average molecular weight is 229 g/mol. The summed E-state index contributed by atoms with van der Waals surface area (Å²) in [5.41, 5.74) is 2.21. The molecule has 1 aliphatic carbocycles. The van der Waals surface area contributed by atoms with Gasteiger partial charge in [-0.25, -0.2) is 0 Å². The molecule has 2 heteroatoms. The molecule has 2 nitrogen and oxygen atoms in total. The highest BCUT2D eigenvalue weighted by Gasteiger charge is 2.35. The summed E-state index contributed by atoms with van der Waals surface area (Å²) >= 11 is 0. The van der Waals surface area contributed by atoms with Crippen molar-refractivity contribution in [1.29, 1.82) is 0 Å². The van der Waals surface area contributed by atoms with Crippen molar-refractivity contribution in [3.05, 3.63) is 35.4 Å². The number of fused-ring (bicyclic) bond motifs is 1. The minimum atomic E-state index is 0.186. The van der Waals surface area contributed by atoms with E-state index in [1.807, 2.05) is 18.2 Å². The first-order chi connectivity index (χ1) is 8.36. The Morgan fingerprint density at radius 1 is 1.12 bits per heavy atom. The van der Waals surface area contributed by atoms with Crippen LogP contribution in [0.15, 0.2) is 24.3 Å². The molecular weight excluding hydrogens is 210 g/mol. The Labute approximate surface area is 102 Å². The van der Waals surface area contributed by atoms with Crippen LogP contribution < -0.4 is 5.32 Å².